The van der Waals surface area contributed by atoms with Gasteiger partial charge in [-0.05, 0) is 67.7 Å². The Morgan fingerprint density at radius 1 is 1.10 bits per heavy atom. The van der Waals surface area contributed by atoms with E-state index < -0.39 is 58.0 Å². The average molecular weight is 578 g/mol. The molecule has 220 valence electrons. The van der Waals surface area contributed by atoms with Crippen LogP contribution in [0.2, 0.25) is 0 Å². The van der Waals surface area contributed by atoms with Crippen molar-refractivity contribution in [1.82, 2.24) is 4.90 Å². The van der Waals surface area contributed by atoms with E-state index in [1.807, 2.05) is 0 Å². The Bertz CT molecular complexity index is 1590. The molecule has 0 aromatic heterocycles. The molecule has 0 heterocycles. The number of Topliss-reactive ketones (excluding diaryl/α,β-unsaturated/α-hetero) is 2. The number of phenolic OH excluding ortho intramolecular Hbond substituents is 1. The quantitative estimate of drug-likeness (QED) is 0.273. The molecule has 0 saturated heterocycles. The van der Waals surface area contributed by atoms with Gasteiger partial charge in [0.25, 0.3) is 5.91 Å². The summed E-state index contributed by atoms with van der Waals surface area (Å²) in [5.74, 6) is -7.32. The third-order valence-electron chi connectivity index (χ3n) is 8.36. The highest BCUT2D eigenvalue weighted by molar-refractivity contribution is 6.25. The number of methoxy groups -OCH3 is 1. The number of likely N-dealkylation sites (N-methyl/N-ethyl adjacent to an activating group) is 1. The fourth-order valence-corrected chi connectivity index (χ4v) is 6.58. The molecule has 42 heavy (non-hydrogen) atoms. The van der Waals surface area contributed by atoms with Crippen LogP contribution in [-0.2, 0) is 25.5 Å². The number of nitrogens with zero attached hydrogens (tertiary/aromatic N) is 1. The molecule has 2 amide bonds. The largest absolute Gasteiger partial charge is 0.510 e. The van der Waals surface area contributed by atoms with Crippen LogP contribution in [0.1, 0.15) is 22.3 Å². The van der Waals surface area contributed by atoms with Crippen molar-refractivity contribution in [2.75, 3.05) is 33.1 Å². The number of anilines is 1. The smallest absolute Gasteiger partial charge is 0.255 e. The normalized spacial score (nSPS) is 25.2. The van der Waals surface area contributed by atoms with E-state index in [2.05, 4.69) is 5.32 Å². The summed E-state index contributed by atoms with van der Waals surface area (Å²) in [6.45, 7) is -0.104. The number of nitrogens with two attached hydrogens (primary N) is 1. The van der Waals surface area contributed by atoms with E-state index in [1.165, 1.54) is 18.1 Å². The molecule has 3 aliphatic carbocycles. The molecule has 12 nitrogen and oxygen atoms in total. The summed E-state index contributed by atoms with van der Waals surface area (Å²) in [5.41, 5.74) is 3.88. The van der Waals surface area contributed by atoms with Crippen molar-refractivity contribution in [2.45, 2.75) is 24.5 Å². The van der Waals surface area contributed by atoms with Gasteiger partial charge >= 0.3 is 0 Å². The molecule has 0 fully saturated rings. The number of nitrogens with one attached hydrogen (secondary N) is 1. The number of hydrogen-bond acceptors (Lipinski definition) is 10. The standard InChI is InChI=1S/C30H31N3O9/c1-33(2)24-18-11-14-10-17-16(13-4-6-15(7-5-13)32-20(35)12-42-3)8-9-19(34)22(17)25(36)21(14)27(38)30(18,41)28(39)23(26(24)37)29(31)40/h4-9,14,18,24,34,37-38,41H,10-12H2,1-3H3,(H2,31,40)(H,32,35)/t14-,18-,24-,30+/m1/s1. The summed E-state index contributed by atoms with van der Waals surface area (Å²) in [7, 11) is 4.56. The molecule has 0 saturated carbocycles. The van der Waals surface area contributed by atoms with Crippen LogP contribution in [0.5, 0.6) is 5.75 Å². The van der Waals surface area contributed by atoms with Crippen molar-refractivity contribution >= 4 is 29.1 Å². The first-order valence-corrected chi connectivity index (χ1v) is 13.2. The second-order valence-electron chi connectivity index (χ2n) is 11.0. The molecule has 3 aliphatic rings. The third-order valence-corrected chi connectivity index (χ3v) is 8.36. The van der Waals surface area contributed by atoms with Gasteiger partial charge in [0.05, 0.1) is 11.6 Å². The van der Waals surface area contributed by atoms with Gasteiger partial charge in [-0.25, -0.2) is 0 Å². The number of ketones is 2. The fraction of sp³-hybridized carbons (Fsp3) is 0.333. The van der Waals surface area contributed by atoms with Gasteiger partial charge < -0.3 is 36.2 Å². The zero-order valence-electron chi connectivity index (χ0n) is 23.2. The van der Waals surface area contributed by atoms with Gasteiger partial charge in [0.1, 0.15) is 29.4 Å². The van der Waals surface area contributed by atoms with E-state index in [9.17, 15) is 39.6 Å². The molecule has 0 bridgehead atoms. The molecule has 5 rings (SSSR count). The number of aliphatic hydroxyl groups excluding tert-OH is 2. The lowest BCUT2D eigenvalue weighted by Crippen LogP contribution is -2.63. The van der Waals surface area contributed by atoms with Crippen LogP contribution in [0.4, 0.5) is 5.69 Å². The van der Waals surface area contributed by atoms with E-state index in [1.54, 1.807) is 44.4 Å². The number of phenols is 1. The van der Waals surface area contributed by atoms with Crippen molar-refractivity contribution in [3.05, 3.63) is 70.2 Å². The number of amides is 2. The SMILES string of the molecule is COCC(=O)Nc1ccc(-c2ccc(O)c3c2C[C@@H]2C[C@@H]4[C@@H](N(C)C)C(O)=C(C(N)=O)C(=O)[C@@]4(O)C(O)=C2C3=O)cc1. The minimum absolute atomic E-state index is 0.00860. The molecular weight excluding hydrogens is 546 g/mol. The van der Waals surface area contributed by atoms with Gasteiger partial charge in [-0.3, -0.25) is 24.1 Å². The Hall–Kier alpha value is -4.52. The molecule has 2 aromatic carbocycles. The Morgan fingerprint density at radius 2 is 1.76 bits per heavy atom. The third kappa shape index (κ3) is 4.26. The minimum Gasteiger partial charge on any atom is -0.510 e. The van der Waals surface area contributed by atoms with Gasteiger partial charge in [0.15, 0.2) is 11.4 Å². The van der Waals surface area contributed by atoms with Crippen LogP contribution >= 0.6 is 0 Å². The number of ether oxygens (including phenoxy) is 1. The zero-order chi connectivity index (χ0) is 30.7. The van der Waals surface area contributed by atoms with Gasteiger partial charge in [0.2, 0.25) is 11.7 Å². The maximum absolute atomic E-state index is 13.9. The van der Waals surface area contributed by atoms with Crippen LogP contribution < -0.4 is 11.1 Å². The van der Waals surface area contributed by atoms with E-state index in [0.29, 0.717) is 22.4 Å². The number of benzene rings is 2. The monoisotopic (exact) mass is 577 g/mol. The summed E-state index contributed by atoms with van der Waals surface area (Å²) in [4.78, 5) is 52.8. The van der Waals surface area contributed by atoms with Crippen molar-refractivity contribution in [3.8, 4) is 16.9 Å². The Balaban J connectivity index is 1.61. The summed E-state index contributed by atoms with van der Waals surface area (Å²) in [6, 6.07) is 8.81. The first-order chi connectivity index (χ1) is 19.8. The van der Waals surface area contributed by atoms with E-state index in [-0.39, 0.29) is 42.2 Å². The van der Waals surface area contributed by atoms with Crippen LogP contribution in [-0.4, -0.2) is 88.2 Å². The molecule has 0 radical (unpaired) electrons. The summed E-state index contributed by atoms with van der Waals surface area (Å²) in [6.07, 6.45) is 0.149. The molecule has 7 N–H and O–H groups in total. The van der Waals surface area contributed by atoms with Gasteiger partial charge in [-0.2, -0.15) is 0 Å². The van der Waals surface area contributed by atoms with E-state index in [4.69, 9.17) is 10.5 Å². The number of carbonyl (C=O) groups excluding carboxylic acids is 4. The number of primary amides is 1. The average Bonchev–Trinajstić information content (AvgIpc) is 2.91. The van der Waals surface area contributed by atoms with Crippen LogP contribution in [0.25, 0.3) is 11.1 Å². The maximum Gasteiger partial charge on any atom is 0.255 e. The van der Waals surface area contributed by atoms with Gasteiger partial charge in [-0.1, -0.05) is 18.2 Å². The predicted molar refractivity (Wildman–Crippen MR) is 150 cm³/mol. The van der Waals surface area contributed by atoms with Gasteiger partial charge in [-0.15, -0.1) is 0 Å². The molecule has 2 aromatic rings. The van der Waals surface area contributed by atoms with Crippen molar-refractivity contribution < 1.29 is 44.3 Å². The first-order valence-electron chi connectivity index (χ1n) is 13.2. The number of rotatable bonds is 6. The second kappa shape index (κ2) is 10.4. The molecule has 12 heteroatoms. The Labute approximate surface area is 240 Å². The summed E-state index contributed by atoms with van der Waals surface area (Å²) in [5, 5.41) is 47.5. The maximum atomic E-state index is 13.9. The van der Waals surface area contributed by atoms with Crippen molar-refractivity contribution in [2.24, 2.45) is 17.6 Å². The lowest BCUT2D eigenvalue weighted by atomic mass is 9.58. The lowest BCUT2D eigenvalue weighted by molar-refractivity contribution is -0.148. The number of hydrogen-bond donors (Lipinski definition) is 6. The van der Waals surface area contributed by atoms with Crippen LogP contribution in [0, 0.1) is 11.8 Å². The summed E-state index contributed by atoms with van der Waals surface area (Å²) < 4.78 is 4.83. The van der Waals surface area contributed by atoms with Crippen molar-refractivity contribution in [3.63, 3.8) is 0 Å². The highest BCUT2D eigenvalue weighted by atomic mass is 16.5. The van der Waals surface area contributed by atoms with Crippen LogP contribution in [0.15, 0.2) is 59.1 Å². The molecule has 0 aliphatic heterocycles. The topological polar surface area (TPSA) is 200 Å². The van der Waals surface area contributed by atoms with E-state index in [0.717, 1.165) is 0 Å². The van der Waals surface area contributed by atoms with Crippen LogP contribution in [0.3, 0.4) is 0 Å². The first kappa shape index (κ1) is 29.0. The van der Waals surface area contributed by atoms with E-state index >= 15 is 0 Å². The number of fused-ring (bicyclic) bond motifs is 3. The predicted octanol–water partition coefficient (Wildman–Crippen LogP) is 1.37. The lowest BCUT2D eigenvalue weighted by Gasteiger charge is -2.50. The number of carbonyl (C=O) groups is 4. The number of aromatic hydroxyl groups is 1. The molecule has 0 spiro atoms. The highest BCUT2D eigenvalue weighted by Crippen LogP contribution is 2.53. The van der Waals surface area contributed by atoms with Gasteiger partial charge in [0, 0.05) is 24.3 Å². The highest BCUT2D eigenvalue weighted by Gasteiger charge is 2.63. The fourth-order valence-electron chi connectivity index (χ4n) is 6.58. The molecule has 0 unspecified atom stereocenters. The minimum atomic E-state index is -2.69. The number of allylic oxidation sites excluding steroid dienone is 1. The Morgan fingerprint density at radius 3 is 2.36 bits per heavy atom. The summed E-state index contributed by atoms with van der Waals surface area (Å²) >= 11 is 0. The Kier molecular flexibility index (Phi) is 7.17. The molecular formula is C30H31N3O9. The molecule has 4 atom stereocenters. The number of aliphatic hydroxyl groups is 3. The van der Waals surface area contributed by atoms with Crippen molar-refractivity contribution in [1.29, 1.82) is 0 Å². The second-order valence-corrected chi connectivity index (χ2v) is 11.0. The zero-order valence-corrected chi connectivity index (χ0v) is 23.2.